The Morgan fingerprint density at radius 3 is 2.05 bits per heavy atom. The number of hydrogen-bond donors (Lipinski definition) is 0. The van der Waals surface area contributed by atoms with Gasteiger partial charge in [0.25, 0.3) is 10.1 Å². The molecule has 3 nitrogen and oxygen atoms in total. The van der Waals surface area contributed by atoms with Gasteiger partial charge in [-0.1, -0.05) is 48.5 Å². The summed E-state index contributed by atoms with van der Waals surface area (Å²) in [6.07, 6.45) is 0.167. The quantitative estimate of drug-likeness (QED) is 0.788. The molecular weight excluding hydrogens is 260 g/mol. The zero-order valence-corrected chi connectivity index (χ0v) is 11.5. The Labute approximate surface area is 114 Å². The maximum absolute atomic E-state index is 12.0. The molecule has 0 spiro atoms. The summed E-state index contributed by atoms with van der Waals surface area (Å²) in [6.45, 7) is 1.76. The highest BCUT2D eigenvalue weighted by atomic mass is 32.2. The summed E-state index contributed by atoms with van der Waals surface area (Å²) in [4.78, 5) is 0.190. The molecule has 1 atom stereocenters. The molecule has 0 N–H and O–H groups in total. The molecule has 4 heteroatoms. The molecule has 2 aromatic rings. The fraction of sp³-hybridized carbons (Fsp3) is 0.200. The molecule has 1 unspecified atom stereocenters. The average molecular weight is 276 g/mol. The molecule has 100 valence electrons. The van der Waals surface area contributed by atoms with Crippen LogP contribution in [0.25, 0.3) is 0 Å². The van der Waals surface area contributed by atoms with Crippen molar-refractivity contribution in [3.05, 3.63) is 66.2 Å². The summed E-state index contributed by atoms with van der Waals surface area (Å²) in [5.41, 5.74) is 1.05. The van der Waals surface area contributed by atoms with Gasteiger partial charge < -0.3 is 0 Å². The van der Waals surface area contributed by atoms with Crippen molar-refractivity contribution in [2.45, 2.75) is 24.3 Å². The standard InChI is InChI=1S/C15H16O3S/c1-13(12-14-8-4-2-5-9-14)18-19(16,17)15-10-6-3-7-11-15/h2-11,13H,12H2,1H3. The van der Waals surface area contributed by atoms with Gasteiger partial charge in [-0.3, -0.25) is 4.18 Å². The Balaban J connectivity index is 2.05. The van der Waals surface area contributed by atoms with E-state index in [1.54, 1.807) is 25.1 Å². The lowest BCUT2D eigenvalue weighted by Crippen LogP contribution is -2.17. The third kappa shape index (κ3) is 3.91. The molecule has 0 amide bonds. The van der Waals surface area contributed by atoms with Gasteiger partial charge in [0.05, 0.1) is 11.0 Å². The molecule has 0 saturated heterocycles. The van der Waals surface area contributed by atoms with Crippen LogP contribution in [0.15, 0.2) is 65.6 Å². The maximum atomic E-state index is 12.0. The number of rotatable bonds is 5. The first-order chi connectivity index (χ1) is 9.08. The predicted octanol–water partition coefficient (Wildman–Crippen LogP) is 3.02. The van der Waals surface area contributed by atoms with E-state index in [1.165, 1.54) is 12.1 Å². The summed E-state index contributed by atoms with van der Waals surface area (Å²) in [7, 11) is -3.68. The minimum Gasteiger partial charge on any atom is -0.263 e. The summed E-state index contributed by atoms with van der Waals surface area (Å²) >= 11 is 0. The topological polar surface area (TPSA) is 43.4 Å². The van der Waals surface area contributed by atoms with Gasteiger partial charge in [0.2, 0.25) is 0 Å². The Kier molecular flexibility index (Phi) is 4.35. The molecule has 0 aliphatic carbocycles. The Morgan fingerprint density at radius 1 is 0.947 bits per heavy atom. The second-order valence-corrected chi connectivity index (χ2v) is 5.94. The molecule has 0 heterocycles. The second-order valence-electron chi connectivity index (χ2n) is 4.36. The molecule has 2 rings (SSSR count). The van der Waals surface area contributed by atoms with E-state index in [1.807, 2.05) is 30.3 Å². The number of benzene rings is 2. The number of hydrogen-bond acceptors (Lipinski definition) is 3. The van der Waals surface area contributed by atoms with Crippen LogP contribution >= 0.6 is 0 Å². The largest absolute Gasteiger partial charge is 0.297 e. The van der Waals surface area contributed by atoms with E-state index in [9.17, 15) is 8.42 Å². The van der Waals surface area contributed by atoms with Crippen molar-refractivity contribution in [3.63, 3.8) is 0 Å². The van der Waals surface area contributed by atoms with Crippen LogP contribution in [0.4, 0.5) is 0 Å². The van der Waals surface area contributed by atoms with Crippen LogP contribution in [0.1, 0.15) is 12.5 Å². The second kappa shape index (κ2) is 5.99. The zero-order valence-electron chi connectivity index (χ0n) is 10.7. The maximum Gasteiger partial charge on any atom is 0.297 e. The van der Waals surface area contributed by atoms with E-state index in [4.69, 9.17) is 4.18 Å². The van der Waals surface area contributed by atoms with E-state index in [-0.39, 0.29) is 4.90 Å². The van der Waals surface area contributed by atoms with E-state index in [2.05, 4.69) is 0 Å². The van der Waals surface area contributed by atoms with E-state index < -0.39 is 16.2 Å². The first kappa shape index (κ1) is 13.8. The molecule has 2 aromatic carbocycles. The monoisotopic (exact) mass is 276 g/mol. The molecule has 0 aliphatic rings. The van der Waals surface area contributed by atoms with Gasteiger partial charge >= 0.3 is 0 Å². The van der Waals surface area contributed by atoms with E-state index >= 15 is 0 Å². The van der Waals surface area contributed by atoms with Crippen molar-refractivity contribution < 1.29 is 12.6 Å². The lowest BCUT2D eigenvalue weighted by Gasteiger charge is -2.13. The third-order valence-corrected chi connectivity index (χ3v) is 4.12. The highest BCUT2D eigenvalue weighted by molar-refractivity contribution is 7.86. The fourth-order valence-electron chi connectivity index (χ4n) is 1.84. The van der Waals surface area contributed by atoms with Crippen molar-refractivity contribution in [1.82, 2.24) is 0 Å². The van der Waals surface area contributed by atoms with Crippen LogP contribution in [0.3, 0.4) is 0 Å². The first-order valence-electron chi connectivity index (χ1n) is 6.10. The van der Waals surface area contributed by atoms with Crippen molar-refractivity contribution in [2.75, 3.05) is 0 Å². The minimum absolute atomic E-state index is 0.190. The van der Waals surface area contributed by atoms with Crippen molar-refractivity contribution in [1.29, 1.82) is 0 Å². The van der Waals surface area contributed by atoms with Crippen LogP contribution in [0.2, 0.25) is 0 Å². The smallest absolute Gasteiger partial charge is 0.263 e. The lowest BCUT2D eigenvalue weighted by molar-refractivity contribution is 0.229. The lowest BCUT2D eigenvalue weighted by atomic mass is 10.1. The molecule has 0 bridgehead atoms. The first-order valence-corrected chi connectivity index (χ1v) is 7.51. The molecule has 0 saturated carbocycles. The van der Waals surface area contributed by atoms with Crippen LogP contribution in [0.5, 0.6) is 0 Å². The zero-order chi connectivity index (χ0) is 13.7. The van der Waals surface area contributed by atoms with Gasteiger partial charge in [0, 0.05) is 0 Å². The normalized spacial score (nSPS) is 13.1. The van der Waals surface area contributed by atoms with Gasteiger partial charge in [-0.05, 0) is 31.0 Å². The Bertz CT molecular complexity index is 606. The summed E-state index contributed by atoms with van der Waals surface area (Å²) in [5, 5.41) is 0. The Hall–Kier alpha value is -1.65. The Morgan fingerprint density at radius 2 is 1.47 bits per heavy atom. The molecule has 19 heavy (non-hydrogen) atoms. The van der Waals surface area contributed by atoms with Gasteiger partial charge in [-0.2, -0.15) is 8.42 Å². The van der Waals surface area contributed by atoms with Crippen LogP contribution in [-0.2, 0) is 20.7 Å². The van der Waals surface area contributed by atoms with Crippen molar-refractivity contribution in [3.8, 4) is 0 Å². The fourth-order valence-corrected chi connectivity index (χ4v) is 2.94. The van der Waals surface area contributed by atoms with Gasteiger partial charge in [-0.25, -0.2) is 0 Å². The van der Waals surface area contributed by atoms with E-state index in [0.717, 1.165) is 5.56 Å². The third-order valence-electron chi connectivity index (χ3n) is 2.69. The van der Waals surface area contributed by atoms with Gasteiger partial charge in [0.15, 0.2) is 0 Å². The molecule has 0 aromatic heterocycles. The molecule has 0 fully saturated rings. The highest BCUT2D eigenvalue weighted by Gasteiger charge is 2.18. The minimum atomic E-state index is -3.68. The van der Waals surface area contributed by atoms with Gasteiger partial charge in [0.1, 0.15) is 0 Å². The van der Waals surface area contributed by atoms with Crippen molar-refractivity contribution in [2.24, 2.45) is 0 Å². The summed E-state index contributed by atoms with van der Waals surface area (Å²) < 4.78 is 29.2. The van der Waals surface area contributed by atoms with Crippen molar-refractivity contribution >= 4 is 10.1 Å². The van der Waals surface area contributed by atoms with E-state index in [0.29, 0.717) is 6.42 Å². The van der Waals surface area contributed by atoms with Crippen LogP contribution < -0.4 is 0 Å². The van der Waals surface area contributed by atoms with Gasteiger partial charge in [-0.15, -0.1) is 0 Å². The predicted molar refractivity (Wildman–Crippen MR) is 74.3 cm³/mol. The van der Waals surface area contributed by atoms with Crippen LogP contribution in [0, 0.1) is 0 Å². The average Bonchev–Trinajstić information content (AvgIpc) is 2.40. The molecule has 0 aliphatic heterocycles. The summed E-state index contributed by atoms with van der Waals surface area (Å²) in [5.74, 6) is 0. The SMILES string of the molecule is CC(Cc1ccccc1)OS(=O)(=O)c1ccccc1. The molecule has 0 radical (unpaired) electrons. The van der Waals surface area contributed by atoms with Crippen LogP contribution in [-0.4, -0.2) is 14.5 Å². The highest BCUT2D eigenvalue weighted by Crippen LogP contribution is 2.15. The summed E-state index contributed by atoms with van der Waals surface area (Å²) in [6, 6.07) is 17.9. The molecular formula is C15H16O3S.